The van der Waals surface area contributed by atoms with Crippen LogP contribution in [0.15, 0.2) is 30.3 Å². The van der Waals surface area contributed by atoms with Gasteiger partial charge in [-0.15, -0.1) is 0 Å². The first-order valence-corrected chi connectivity index (χ1v) is 5.32. The van der Waals surface area contributed by atoms with E-state index in [-0.39, 0.29) is 17.7 Å². The second-order valence-electron chi connectivity index (χ2n) is 4.01. The van der Waals surface area contributed by atoms with E-state index in [1.54, 1.807) is 17.0 Å². The standard InChI is InChI=1S/C12H14N2O2/c13-11(15)10-6-7-14(8-10)12(16)9-4-2-1-3-5-9/h1-5,10H,6-8H2,(H2,13,15)/t10-/m1/s1. The number of hydrogen-bond acceptors (Lipinski definition) is 2. The van der Waals surface area contributed by atoms with Crippen molar-refractivity contribution in [1.29, 1.82) is 0 Å². The van der Waals surface area contributed by atoms with E-state index in [1.165, 1.54) is 0 Å². The Labute approximate surface area is 94.0 Å². The Balaban J connectivity index is 2.05. The molecule has 2 rings (SSSR count). The highest BCUT2D eigenvalue weighted by Crippen LogP contribution is 2.18. The number of nitrogens with two attached hydrogens (primary N) is 1. The average molecular weight is 218 g/mol. The lowest BCUT2D eigenvalue weighted by atomic mass is 10.1. The number of carbonyl (C=O) groups excluding carboxylic acids is 2. The van der Waals surface area contributed by atoms with Gasteiger partial charge in [0, 0.05) is 18.7 Å². The number of likely N-dealkylation sites (tertiary alicyclic amines) is 1. The monoisotopic (exact) mass is 218 g/mol. The zero-order valence-corrected chi connectivity index (χ0v) is 8.93. The maximum Gasteiger partial charge on any atom is 0.253 e. The van der Waals surface area contributed by atoms with Crippen LogP contribution in [0.2, 0.25) is 0 Å². The fraction of sp³-hybridized carbons (Fsp3) is 0.333. The molecule has 0 spiro atoms. The summed E-state index contributed by atoms with van der Waals surface area (Å²) < 4.78 is 0. The summed E-state index contributed by atoms with van der Waals surface area (Å²) in [5.41, 5.74) is 5.88. The smallest absolute Gasteiger partial charge is 0.253 e. The number of benzene rings is 1. The number of rotatable bonds is 2. The maximum absolute atomic E-state index is 12.0. The van der Waals surface area contributed by atoms with Gasteiger partial charge < -0.3 is 10.6 Å². The average Bonchev–Trinajstić information content (AvgIpc) is 2.78. The molecule has 1 fully saturated rings. The normalized spacial score (nSPS) is 19.8. The zero-order chi connectivity index (χ0) is 11.5. The highest BCUT2D eigenvalue weighted by Gasteiger charge is 2.29. The Morgan fingerprint density at radius 2 is 1.94 bits per heavy atom. The summed E-state index contributed by atoms with van der Waals surface area (Å²) in [4.78, 5) is 24.7. The zero-order valence-electron chi connectivity index (χ0n) is 8.93. The summed E-state index contributed by atoms with van der Waals surface area (Å²) in [7, 11) is 0. The third-order valence-corrected chi connectivity index (χ3v) is 2.90. The summed E-state index contributed by atoms with van der Waals surface area (Å²) in [6, 6.07) is 9.08. The highest BCUT2D eigenvalue weighted by atomic mass is 16.2. The quantitative estimate of drug-likeness (QED) is 0.791. The summed E-state index contributed by atoms with van der Waals surface area (Å²) >= 11 is 0. The van der Waals surface area contributed by atoms with Gasteiger partial charge in [0.15, 0.2) is 0 Å². The number of amides is 2. The summed E-state index contributed by atoms with van der Waals surface area (Å²) in [6.45, 7) is 1.06. The van der Waals surface area contributed by atoms with Crippen LogP contribution in [0.25, 0.3) is 0 Å². The van der Waals surface area contributed by atoms with Crippen molar-refractivity contribution in [1.82, 2.24) is 4.90 Å². The van der Waals surface area contributed by atoms with E-state index in [9.17, 15) is 9.59 Å². The predicted molar refractivity (Wildman–Crippen MR) is 59.6 cm³/mol. The third-order valence-electron chi connectivity index (χ3n) is 2.90. The first-order chi connectivity index (χ1) is 7.68. The Kier molecular flexibility index (Phi) is 2.90. The van der Waals surface area contributed by atoms with Crippen molar-refractivity contribution in [3.63, 3.8) is 0 Å². The van der Waals surface area contributed by atoms with Gasteiger partial charge in [-0.05, 0) is 18.6 Å². The molecule has 1 heterocycles. The van der Waals surface area contributed by atoms with Crippen molar-refractivity contribution >= 4 is 11.8 Å². The van der Waals surface area contributed by atoms with Gasteiger partial charge in [0.25, 0.3) is 5.91 Å². The number of primary amides is 1. The molecule has 4 nitrogen and oxygen atoms in total. The first kappa shape index (κ1) is 10.7. The SMILES string of the molecule is NC(=O)[C@@H]1CCN(C(=O)c2ccccc2)C1. The van der Waals surface area contributed by atoms with Crippen LogP contribution in [0.5, 0.6) is 0 Å². The minimum Gasteiger partial charge on any atom is -0.369 e. The van der Waals surface area contributed by atoms with Crippen LogP contribution in [0.4, 0.5) is 0 Å². The summed E-state index contributed by atoms with van der Waals surface area (Å²) in [6.07, 6.45) is 0.675. The Hall–Kier alpha value is -1.84. The lowest BCUT2D eigenvalue weighted by Crippen LogP contribution is -2.31. The second-order valence-corrected chi connectivity index (χ2v) is 4.01. The molecule has 2 amide bonds. The Morgan fingerprint density at radius 3 is 2.50 bits per heavy atom. The molecule has 1 saturated heterocycles. The van der Waals surface area contributed by atoms with E-state index in [4.69, 9.17) is 5.73 Å². The van der Waals surface area contributed by atoms with Gasteiger partial charge in [-0.2, -0.15) is 0 Å². The molecule has 0 unspecified atom stereocenters. The molecule has 0 aliphatic carbocycles. The van der Waals surface area contributed by atoms with Crippen LogP contribution in [-0.2, 0) is 4.79 Å². The molecule has 84 valence electrons. The molecule has 0 bridgehead atoms. The van der Waals surface area contributed by atoms with Gasteiger partial charge in [-0.3, -0.25) is 9.59 Å². The lowest BCUT2D eigenvalue weighted by molar-refractivity contribution is -0.121. The first-order valence-electron chi connectivity index (χ1n) is 5.32. The van der Waals surface area contributed by atoms with E-state index in [0.717, 1.165) is 0 Å². The summed E-state index contributed by atoms with van der Waals surface area (Å²) in [5, 5.41) is 0. The molecule has 1 aliphatic rings. The van der Waals surface area contributed by atoms with E-state index in [2.05, 4.69) is 0 Å². The third kappa shape index (κ3) is 2.05. The van der Waals surface area contributed by atoms with Crippen molar-refractivity contribution in [2.45, 2.75) is 6.42 Å². The van der Waals surface area contributed by atoms with Crippen LogP contribution < -0.4 is 5.73 Å². The molecule has 0 aromatic heterocycles. The molecule has 16 heavy (non-hydrogen) atoms. The van der Waals surface area contributed by atoms with E-state index in [1.807, 2.05) is 18.2 Å². The van der Waals surface area contributed by atoms with Crippen LogP contribution in [0.3, 0.4) is 0 Å². The van der Waals surface area contributed by atoms with Crippen LogP contribution >= 0.6 is 0 Å². The van der Waals surface area contributed by atoms with E-state index in [0.29, 0.717) is 25.1 Å². The molecule has 1 aromatic carbocycles. The van der Waals surface area contributed by atoms with Gasteiger partial charge in [-0.1, -0.05) is 18.2 Å². The molecule has 1 aromatic rings. The van der Waals surface area contributed by atoms with E-state index < -0.39 is 0 Å². The van der Waals surface area contributed by atoms with Crippen LogP contribution in [0.1, 0.15) is 16.8 Å². The number of hydrogen-bond donors (Lipinski definition) is 1. The van der Waals surface area contributed by atoms with Gasteiger partial charge in [0.1, 0.15) is 0 Å². The number of nitrogens with zero attached hydrogens (tertiary/aromatic N) is 1. The molecule has 0 saturated carbocycles. The maximum atomic E-state index is 12.0. The highest BCUT2D eigenvalue weighted by molar-refractivity contribution is 5.94. The van der Waals surface area contributed by atoms with Gasteiger partial charge in [0.2, 0.25) is 5.91 Å². The largest absolute Gasteiger partial charge is 0.369 e. The predicted octanol–water partition coefficient (Wildman–Crippen LogP) is 0.634. The minimum atomic E-state index is -0.316. The second kappa shape index (κ2) is 4.35. The topological polar surface area (TPSA) is 63.4 Å². The van der Waals surface area contributed by atoms with Gasteiger partial charge in [0.05, 0.1) is 5.92 Å². The van der Waals surface area contributed by atoms with Crippen molar-refractivity contribution in [3.05, 3.63) is 35.9 Å². The van der Waals surface area contributed by atoms with Gasteiger partial charge in [-0.25, -0.2) is 0 Å². The van der Waals surface area contributed by atoms with E-state index >= 15 is 0 Å². The fourth-order valence-corrected chi connectivity index (χ4v) is 1.94. The molecule has 2 N–H and O–H groups in total. The minimum absolute atomic E-state index is 0.0237. The Bertz CT molecular complexity index is 403. The van der Waals surface area contributed by atoms with Crippen molar-refractivity contribution < 1.29 is 9.59 Å². The van der Waals surface area contributed by atoms with Crippen LogP contribution in [0, 0.1) is 5.92 Å². The Morgan fingerprint density at radius 1 is 1.25 bits per heavy atom. The number of carbonyl (C=O) groups is 2. The molecule has 4 heteroatoms. The molecular weight excluding hydrogens is 204 g/mol. The molecule has 0 radical (unpaired) electrons. The molecule has 1 aliphatic heterocycles. The fourth-order valence-electron chi connectivity index (χ4n) is 1.94. The van der Waals surface area contributed by atoms with Gasteiger partial charge >= 0.3 is 0 Å². The summed E-state index contributed by atoms with van der Waals surface area (Å²) in [5.74, 6) is -0.527. The van der Waals surface area contributed by atoms with Crippen molar-refractivity contribution in [3.8, 4) is 0 Å². The lowest BCUT2D eigenvalue weighted by Gasteiger charge is -2.15. The molecular formula is C12H14N2O2. The van der Waals surface area contributed by atoms with Crippen LogP contribution in [-0.4, -0.2) is 29.8 Å². The molecule has 1 atom stereocenters. The van der Waals surface area contributed by atoms with Crippen molar-refractivity contribution in [2.24, 2.45) is 11.7 Å². The van der Waals surface area contributed by atoms with Crippen molar-refractivity contribution in [2.75, 3.05) is 13.1 Å².